The highest BCUT2D eigenvalue weighted by Gasteiger charge is 2.14. The highest BCUT2D eigenvalue weighted by atomic mass is 16.5. The number of furan rings is 1. The van der Waals surface area contributed by atoms with Gasteiger partial charge < -0.3 is 9.15 Å². The Hall–Kier alpha value is -2.10. The molecule has 0 unspecified atom stereocenters. The number of nitrogens with zero attached hydrogens (tertiary/aromatic N) is 1. The lowest BCUT2D eigenvalue weighted by Gasteiger charge is -2.09. The third kappa shape index (κ3) is 3.22. The third-order valence-electron chi connectivity index (χ3n) is 2.58. The Balaban J connectivity index is 2.23. The van der Waals surface area contributed by atoms with E-state index in [1.165, 1.54) is 6.20 Å². The first-order chi connectivity index (χ1) is 9.10. The van der Waals surface area contributed by atoms with E-state index in [2.05, 4.69) is 4.98 Å². The van der Waals surface area contributed by atoms with E-state index in [1.54, 1.807) is 18.3 Å². The molecule has 4 heteroatoms. The van der Waals surface area contributed by atoms with Gasteiger partial charge in [-0.2, -0.15) is 0 Å². The van der Waals surface area contributed by atoms with Gasteiger partial charge in [0.05, 0.1) is 12.3 Å². The minimum atomic E-state index is -0.179. The Kier molecular flexibility index (Phi) is 4.00. The summed E-state index contributed by atoms with van der Waals surface area (Å²) in [6.07, 6.45) is 3.92. The molecule has 0 aliphatic carbocycles. The van der Waals surface area contributed by atoms with Crippen molar-refractivity contribution in [1.29, 1.82) is 0 Å². The van der Waals surface area contributed by atoms with Gasteiger partial charge in [-0.05, 0) is 32.0 Å². The van der Waals surface area contributed by atoms with Crippen LogP contribution in [0, 0.1) is 0 Å². The molecule has 0 saturated carbocycles. The van der Waals surface area contributed by atoms with Crippen molar-refractivity contribution in [2.24, 2.45) is 0 Å². The number of hydrogen-bond donors (Lipinski definition) is 0. The van der Waals surface area contributed by atoms with Crippen LogP contribution in [0.5, 0.6) is 5.75 Å². The number of ether oxygens (including phenoxy) is 1. The molecule has 2 aromatic rings. The SMILES string of the molecule is CCc1ccc(C(=O)c2cncc(OC(C)C)c2)o1. The summed E-state index contributed by atoms with van der Waals surface area (Å²) in [5.74, 6) is 1.54. The van der Waals surface area contributed by atoms with Crippen LogP contribution in [0.2, 0.25) is 0 Å². The molecule has 19 heavy (non-hydrogen) atoms. The quantitative estimate of drug-likeness (QED) is 0.773. The molecular weight excluding hydrogens is 242 g/mol. The molecule has 0 bridgehead atoms. The molecule has 0 fully saturated rings. The van der Waals surface area contributed by atoms with Crippen LogP contribution in [0.3, 0.4) is 0 Å². The molecule has 0 aliphatic heterocycles. The Labute approximate surface area is 112 Å². The van der Waals surface area contributed by atoms with Crippen LogP contribution in [-0.4, -0.2) is 16.9 Å². The van der Waals surface area contributed by atoms with Crippen LogP contribution in [0.4, 0.5) is 0 Å². The molecule has 0 atom stereocenters. The number of carbonyl (C=O) groups excluding carboxylic acids is 1. The van der Waals surface area contributed by atoms with E-state index in [0.29, 0.717) is 17.1 Å². The number of hydrogen-bond acceptors (Lipinski definition) is 4. The molecule has 2 aromatic heterocycles. The second-order valence-corrected chi connectivity index (χ2v) is 4.52. The van der Waals surface area contributed by atoms with Gasteiger partial charge in [0.25, 0.3) is 0 Å². The number of pyridine rings is 1. The fourth-order valence-corrected chi connectivity index (χ4v) is 1.71. The van der Waals surface area contributed by atoms with Crippen molar-refractivity contribution >= 4 is 5.78 Å². The van der Waals surface area contributed by atoms with E-state index >= 15 is 0 Å². The molecular formula is C15H17NO3. The van der Waals surface area contributed by atoms with Crippen LogP contribution in [-0.2, 0) is 6.42 Å². The number of aromatic nitrogens is 1. The van der Waals surface area contributed by atoms with Crippen LogP contribution in [0.25, 0.3) is 0 Å². The monoisotopic (exact) mass is 259 g/mol. The van der Waals surface area contributed by atoms with Crippen molar-refractivity contribution in [2.45, 2.75) is 33.3 Å². The van der Waals surface area contributed by atoms with Crippen molar-refractivity contribution in [3.8, 4) is 5.75 Å². The summed E-state index contributed by atoms with van der Waals surface area (Å²) in [5, 5.41) is 0. The fourth-order valence-electron chi connectivity index (χ4n) is 1.71. The van der Waals surface area contributed by atoms with Crippen molar-refractivity contribution in [3.05, 3.63) is 47.7 Å². The zero-order valence-electron chi connectivity index (χ0n) is 11.3. The predicted molar refractivity (Wildman–Crippen MR) is 71.5 cm³/mol. The van der Waals surface area contributed by atoms with E-state index < -0.39 is 0 Å². The van der Waals surface area contributed by atoms with Crippen molar-refractivity contribution in [1.82, 2.24) is 4.98 Å². The van der Waals surface area contributed by atoms with Crippen molar-refractivity contribution in [3.63, 3.8) is 0 Å². The van der Waals surface area contributed by atoms with Crippen LogP contribution in [0.15, 0.2) is 35.0 Å². The van der Waals surface area contributed by atoms with Gasteiger partial charge in [-0.3, -0.25) is 9.78 Å². The van der Waals surface area contributed by atoms with E-state index in [4.69, 9.17) is 9.15 Å². The standard InChI is InChI=1S/C15H17NO3/c1-4-12-5-6-14(19-12)15(17)11-7-13(9-16-8-11)18-10(2)3/h5-10H,4H2,1-3H3. The van der Waals surface area contributed by atoms with Crippen molar-refractivity contribution in [2.75, 3.05) is 0 Å². The Morgan fingerprint density at radius 3 is 2.79 bits per heavy atom. The minimum Gasteiger partial charge on any atom is -0.489 e. The first kappa shape index (κ1) is 13.3. The smallest absolute Gasteiger partial charge is 0.229 e. The second-order valence-electron chi connectivity index (χ2n) is 4.52. The topological polar surface area (TPSA) is 52.3 Å². The summed E-state index contributed by atoms with van der Waals surface area (Å²) >= 11 is 0. The van der Waals surface area contributed by atoms with Crippen LogP contribution >= 0.6 is 0 Å². The molecule has 2 rings (SSSR count). The van der Waals surface area contributed by atoms with E-state index in [1.807, 2.05) is 26.8 Å². The molecule has 0 amide bonds. The van der Waals surface area contributed by atoms with E-state index in [9.17, 15) is 4.79 Å². The molecule has 4 nitrogen and oxygen atoms in total. The summed E-state index contributed by atoms with van der Waals surface area (Å²) in [4.78, 5) is 16.2. The highest BCUT2D eigenvalue weighted by molar-refractivity contribution is 6.07. The molecule has 0 N–H and O–H groups in total. The third-order valence-corrected chi connectivity index (χ3v) is 2.58. The van der Waals surface area contributed by atoms with E-state index in [-0.39, 0.29) is 11.9 Å². The largest absolute Gasteiger partial charge is 0.489 e. The van der Waals surface area contributed by atoms with Gasteiger partial charge in [0, 0.05) is 18.2 Å². The number of carbonyl (C=O) groups is 1. The van der Waals surface area contributed by atoms with Crippen molar-refractivity contribution < 1.29 is 13.9 Å². The first-order valence-corrected chi connectivity index (χ1v) is 6.35. The average molecular weight is 259 g/mol. The summed E-state index contributed by atoms with van der Waals surface area (Å²) in [6, 6.07) is 5.19. The van der Waals surface area contributed by atoms with Gasteiger partial charge in [-0.25, -0.2) is 0 Å². The molecule has 0 aromatic carbocycles. The number of aryl methyl sites for hydroxylation is 1. The number of rotatable bonds is 5. The second kappa shape index (κ2) is 5.69. The van der Waals surface area contributed by atoms with Gasteiger partial charge in [0.2, 0.25) is 5.78 Å². The van der Waals surface area contributed by atoms with E-state index in [0.717, 1.165) is 12.2 Å². The highest BCUT2D eigenvalue weighted by Crippen LogP contribution is 2.18. The summed E-state index contributed by atoms with van der Waals surface area (Å²) in [6.45, 7) is 5.83. The van der Waals surface area contributed by atoms with Gasteiger partial charge >= 0.3 is 0 Å². The molecule has 100 valence electrons. The van der Waals surface area contributed by atoms with Gasteiger partial charge in [0.1, 0.15) is 11.5 Å². The molecule has 0 spiro atoms. The Morgan fingerprint density at radius 2 is 2.16 bits per heavy atom. The maximum Gasteiger partial charge on any atom is 0.229 e. The lowest BCUT2D eigenvalue weighted by atomic mass is 10.1. The molecule has 0 saturated heterocycles. The molecule has 0 aliphatic rings. The summed E-state index contributed by atoms with van der Waals surface area (Å²) in [7, 11) is 0. The Bertz CT molecular complexity index is 572. The summed E-state index contributed by atoms with van der Waals surface area (Å²) < 4.78 is 11.0. The predicted octanol–water partition coefficient (Wildman–Crippen LogP) is 3.26. The normalized spacial score (nSPS) is 10.7. The lowest BCUT2D eigenvalue weighted by Crippen LogP contribution is -2.07. The maximum atomic E-state index is 12.2. The van der Waals surface area contributed by atoms with Crippen LogP contribution in [0.1, 0.15) is 42.6 Å². The molecule has 2 heterocycles. The summed E-state index contributed by atoms with van der Waals surface area (Å²) in [5.41, 5.74) is 0.468. The minimum absolute atomic E-state index is 0.0439. The first-order valence-electron chi connectivity index (χ1n) is 6.35. The lowest BCUT2D eigenvalue weighted by molar-refractivity contribution is 0.101. The maximum absolute atomic E-state index is 12.2. The van der Waals surface area contributed by atoms with Gasteiger partial charge in [0.15, 0.2) is 5.76 Å². The van der Waals surface area contributed by atoms with Crippen LogP contribution < -0.4 is 4.74 Å². The average Bonchev–Trinajstić information content (AvgIpc) is 2.86. The number of ketones is 1. The van der Waals surface area contributed by atoms with Gasteiger partial charge in [-0.15, -0.1) is 0 Å². The molecule has 0 radical (unpaired) electrons. The fraction of sp³-hybridized carbons (Fsp3) is 0.333. The zero-order chi connectivity index (χ0) is 13.8. The van der Waals surface area contributed by atoms with Gasteiger partial charge in [-0.1, -0.05) is 6.92 Å². The Morgan fingerprint density at radius 1 is 1.37 bits per heavy atom. The zero-order valence-corrected chi connectivity index (χ0v) is 11.3.